The maximum atomic E-state index is 4.26. The van der Waals surface area contributed by atoms with Gasteiger partial charge in [-0.15, -0.1) is 5.10 Å². The second-order valence-corrected chi connectivity index (χ2v) is 6.91. The molecule has 5 nitrogen and oxygen atoms in total. The molecule has 1 saturated carbocycles. The first-order chi connectivity index (χ1) is 8.99. The number of hydrogen-bond donors (Lipinski definition) is 1. The molecule has 0 bridgehead atoms. The largest absolute Gasteiger partial charge is 0.309 e. The predicted octanol–water partition coefficient (Wildman–Crippen LogP) is 1.31. The predicted molar refractivity (Wildman–Crippen MR) is 74.7 cm³/mol. The van der Waals surface area contributed by atoms with E-state index in [2.05, 4.69) is 34.4 Å². The molecule has 0 radical (unpaired) electrons. The van der Waals surface area contributed by atoms with E-state index in [-0.39, 0.29) is 5.54 Å². The van der Waals surface area contributed by atoms with Crippen LogP contribution in [0, 0.1) is 0 Å². The van der Waals surface area contributed by atoms with Crippen LogP contribution >= 0.6 is 0 Å². The van der Waals surface area contributed by atoms with Crippen molar-refractivity contribution in [2.24, 2.45) is 7.05 Å². The summed E-state index contributed by atoms with van der Waals surface area (Å²) < 4.78 is 1.80. The van der Waals surface area contributed by atoms with Crippen molar-refractivity contribution >= 4 is 0 Å². The monoisotopic (exact) mass is 263 g/mol. The van der Waals surface area contributed by atoms with Crippen molar-refractivity contribution in [1.82, 2.24) is 25.2 Å². The van der Waals surface area contributed by atoms with Gasteiger partial charge in [0.05, 0.1) is 5.69 Å². The van der Waals surface area contributed by atoms with Gasteiger partial charge in [-0.2, -0.15) is 0 Å². The summed E-state index contributed by atoms with van der Waals surface area (Å²) in [6.45, 7) is 7.71. The highest BCUT2D eigenvalue weighted by molar-refractivity contribution is 5.06. The van der Waals surface area contributed by atoms with Crippen molar-refractivity contribution in [3.8, 4) is 0 Å². The molecule has 106 valence electrons. The van der Waals surface area contributed by atoms with E-state index in [1.54, 1.807) is 4.68 Å². The number of piperazine rings is 1. The Bertz CT molecular complexity index is 444. The van der Waals surface area contributed by atoms with Gasteiger partial charge in [0.25, 0.3) is 0 Å². The Labute approximate surface area is 115 Å². The van der Waals surface area contributed by atoms with Gasteiger partial charge in [0.1, 0.15) is 0 Å². The van der Waals surface area contributed by atoms with E-state index in [4.69, 9.17) is 0 Å². The zero-order valence-electron chi connectivity index (χ0n) is 12.3. The first-order valence-electron chi connectivity index (χ1n) is 7.35. The van der Waals surface area contributed by atoms with Crippen molar-refractivity contribution in [1.29, 1.82) is 0 Å². The molecule has 0 unspecified atom stereocenters. The quantitative estimate of drug-likeness (QED) is 0.874. The lowest BCUT2D eigenvalue weighted by Gasteiger charge is -2.51. The standard InChI is InChI=1S/C14H25N5/c1-13(2)11-19(9-12-8-18(3)17-16-12)14(10-15-13)6-4-5-7-14/h8,15H,4-7,9-11H2,1-3H3. The molecule has 3 rings (SSSR count). The van der Waals surface area contributed by atoms with Crippen LogP contribution in [0.1, 0.15) is 45.2 Å². The van der Waals surface area contributed by atoms with E-state index < -0.39 is 0 Å². The summed E-state index contributed by atoms with van der Waals surface area (Å²) in [5.74, 6) is 0. The Hall–Kier alpha value is -0.940. The lowest BCUT2D eigenvalue weighted by molar-refractivity contribution is 0.0112. The summed E-state index contributed by atoms with van der Waals surface area (Å²) >= 11 is 0. The molecule has 1 N–H and O–H groups in total. The number of hydrogen-bond acceptors (Lipinski definition) is 4. The Morgan fingerprint density at radius 3 is 2.68 bits per heavy atom. The highest BCUT2D eigenvalue weighted by Crippen LogP contribution is 2.39. The van der Waals surface area contributed by atoms with Gasteiger partial charge >= 0.3 is 0 Å². The molecular weight excluding hydrogens is 238 g/mol. The molecule has 2 fully saturated rings. The fourth-order valence-corrected chi connectivity index (χ4v) is 3.63. The number of aryl methyl sites for hydroxylation is 1. The first-order valence-corrected chi connectivity index (χ1v) is 7.35. The Morgan fingerprint density at radius 2 is 2.05 bits per heavy atom. The minimum absolute atomic E-state index is 0.191. The van der Waals surface area contributed by atoms with E-state index in [9.17, 15) is 0 Å². The Morgan fingerprint density at radius 1 is 1.32 bits per heavy atom. The fraction of sp³-hybridized carbons (Fsp3) is 0.857. The smallest absolute Gasteiger partial charge is 0.0967 e. The maximum Gasteiger partial charge on any atom is 0.0967 e. The van der Waals surface area contributed by atoms with Crippen LogP contribution < -0.4 is 5.32 Å². The second kappa shape index (κ2) is 4.56. The summed E-state index contributed by atoms with van der Waals surface area (Å²) in [6.07, 6.45) is 7.39. The molecule has 0 atom stereocenters. The van der Waals surface area contributed by atoms with Gasteiger partial charge in [0, 0.05) is 44.0 Å². The van der Waals surface area contributed by atoms with Crippen LogP contribution in [0.3, 0.4) is 0 Å². The average Bonchev–Trinajstić information content (AvgIpc) is 2.95. The van der Waals surface area contributed by atoms with Crippen molar-refractivity contribution in [3.63, 3.8) is 0 Å². The lowest BCUT2D eigenvalue weighted by Crippen LogP contribution is -2.67. The van der Waals surface area contributed by atoms with Crippen molar-refractivity contribution in [2.75, 3.05) is 13.1 Å². The molecule has 19 heavy (non-hydrogen) atoms. The van der Waals surface area contributed by atoms with E-state index in [1.165, 1.54) is 25.7 Å². The maximum absolute atomic E-state index is 4.26. The van der Waals surface area contributed by atoms with Crippen LogP contribution in [0.5, 0.6) is 0 Å². The third-order valence-corrected chi connectivity index (χ3v) is 4.69. The van der Waals surface area contributed by atoms with Crippen molar-refractivity contribution in [2.45, 2.75) is 57.2 Å². The average molecular weight is 263 g/mol. The minimum Gasteiger partial charge on any atom is -0.309 e. The highest BCUT2D eigenvalue weighted by Gasteiger charge is 2.45. The summed E-state index contributed by atoms with van der Waals surface area (Å²) in [5.41, 5.74) is 1.63. The van der Waals surface area contributed by atoms with E-state index >= 15 is 0 Å². The van der Waals surface area contributed by atoms with Crippen LogP contribution in [0.4, 0.5) is 0 Å². The van der Waals surface area contributed by atoms with Gasteiger partial charge in [-0.25, -0.2) is 0 Å². The minimum atomic E-state index is 0.191. The van der Waals surface area contributed by atoms with Gasteiger partial charge in [-0.05, 0) is 26.7 Å². The molecular formula is C14H25N5. The van der Waals surface area contributed by atoms with E-state index in [1.807, 2.05) is 13.2 Å². The molecule has 2 heterocycles. The zero-order chi connectivity index (χ0) is 13.5. The van der Waals surface area contributed by atoms with Crippen LogP contribution in [-0.2, 0) is 13.6 Å². The number of aromatic nitrogens is 3. The van der Waals surface area contributed by atoms with Gasteiger partial charge < -0.3 is 5.32 Å². The number of nitrogens with zero attached hydrogens (tertiary/aromatic N) is 4. The molecule has 0 aromatic carbocycles. The van der Waals surface area contributed by atoms with Crippen LogP contribution in [-0.4, -0.2) is 44.1 Å². The van der Waals surface area contributed by atoms with Gasteiger partial charge in [-0.1, -0.05) is 18.1 Å². The molecule has 0 amide bonds. The zero-order valence-corrected chi connectivity index (χ0v) is 12.3. The molecule has 5 heteroatoms. The third-order valence-electron chi connectivity index (χ3n) is 4.69. The molecule has 1 aliphatic heterocycles. The van der Waals surface area contributed by atoms with E-state index in [0.717, 1.165) is 25.3 Å². The lowest BCUT2D eigenvalue weighted by atomic mass is 9.87. The van der Waals surface area contributed by atoms with Gasteiger partial charge in [0.2, 0.25) is 0 Å². The number of rotatable bonds is 2. The summed E-state index contributed by atoms with van der Waals surface area (Å²) in [4.78, 5) is 2.65. The van der Waals surface area contributed by atoms with Crippen molar-refractivity contribution < 1.29 is 0 Å². The van der Waals surface area contributed by atoms with Crippen LogP contribution in [0.25, 0.3) is 0 Å². The molecule has 2 aliphatic rings. The Balaban J connectivity index is 1.81. The molecule has 1 aliphatic carbocycles. The fourth-order valence-electron chi connectivity index (χ4n) is 3.63. The Kier molecular flexibility index (Phi) is 3.14. The van der Waals surface area contributed by atoms with Crippen LogP contribution in [0.2, 0.25) is 0 Å². The van der Waals surface area contributed by atoms with E-state index in [0.29, 0.717) is 5.54 Å². The highest BCUT2D eigenvalue weighted by atomic mass is 15.4. The first kappa shape index (κ1) is 13.1. The van der Waals surface area contributed by atoms with Gasteiger partial charge in [0.15, 0.2) is 0 Å². The molecule has 1 saturated heterocycles. The van der Waals surface area contributed by atoms with Crippen molar-refractivity contribution in [3.05, 3.63) is 11.9 Å². The molecule has 1 spiro atoms. The summed E-state index contributed by atoms with van der Waals surface area (Å²) in [7, 11) is 1.93. The second-order valence-electron chi connectivity index (χ2n) is 6.91. The number of nitrogens with one attached hydrogen (secondary N) is 1. The summed E-state index contributed by atoms with van der Waals surface area (Å²) in [6, 6.07) is 0. The SMILES string of the molecule is Cn1cc(CN2CC(C)(C)NCC23CCCC3)nn1. The topological polar surface area (TPSA) is 46.0 Å². The summed E-state index contributed by atoms with van der Waals surface area (Å²) in [5, 5.41) is 12.1. The van der Waals surface area contributed by atoms with Gasteiger partial charge in [-0.3, -0.25) is 9.58 Å². The molecule has 1 aromatic heterocycles. The van der Waals surface area contributed by atoms with Crippen LogP contribution in [0.15, 0.2) is 6.20 Å². The normalized spacial score (nSPS) is 26.1. The third kappa shape index (κ3) is 2.54. The molecule has 1 aromatic rings.